The van der Waals surface area contributed by atoms with E-state index in [-0.39, 0.29) is 12.4 Å². The summed E-state index contributed by atoms with van der Waals surface area (Å²) in [4.78, 5) is 16.0. The molecule has 4 atom stereocenters. The average Bonchev–Trinajstić information content (AvgIpc) is 2.86. The summed E-state index contributed by atoms with van der Waals surface area (Å²) in [6.07, 6.45) is 4.72. The van der Waals surface area contributed by atoms with Crippen LogP contribution in [-0.4, -0.2) is 55.3 Å². The Kier molecular flexibility index (Phi) is 5.74. The summed E-state index contributed by atoms with van der Waals surface area (Å²) >= 11 is 0. The predicted octanol–water partition coefficient (Wildman–Crippen LogP) is -0.289. The van der Waals surface area contributed by atoms with Gasteiger partial charge in [-0.1, -0.05) is 5.92 Å². The Labute approximate surface area is 134 Å². The van der Waals surface area contributed by atoms with Crippen molar-refractivity contribution in [2.24, 2.45) is 0 Å². The molecule has 0 aromatic carbocycles. The van der Waals surface area contributed by atoms with Crippen LogP contribution in [0.5, 0.6) is 0 Å². The van der Waals surface area contributed by atoms with Gasteiger partial charge in [-0.25, -0.2) is 4.79 Å². The van der Waals surface area contributed by atoms with E-state index in [4.69, 9.17) is 31.1 Å². The number of nitrogens with zero attached hydrogens (tertiary/aromatic N) is 2. The van der Waals surface area contributed by atoms with Gasteiger partial charge in [0.25, 0.3) is 0 Å². The van der Waals surface area contributed by atoms with Crippen molar-refractivity contribution in [2.75, 3.05) is 33.2 Å². The lowest BCUT2D eigenvalue weighted by molar-refractivity contribution is -0.0710. The number of ether oxygens (including phenoxy) is 4. The van der Waals surface area contributed by atoms with Gasteiger partial charge in [0.1, 0.15) is 30.7 Å². The molecular weight excluding hydrogens is 302 g/mol. The van der Waals surface area contributed by atoms with E-state index in [1.807, 2.05) is 0 Å². The van der Waals surface area contributed by atoms with Gasteiger partial charge in [-0.05, 0) is 6.92 Å². The van der Waals surface area contributed by atoms with Gasteiger partial charge >= 0.3 is 5.69 Å². The molecule has 2 rings (SSSR count). The van der Waals surface area contributed by atoms with Crippen molar-refractivity contribution in [1.29, 1.82) is 0 Å². The van der Waals surface area contributed by atoms with E-state index in [1.165, 1.54) is 4.57 Å². The highest BCUT2D eigenvalue weighted by Crippen LogP contribution is 2.33. The van der Waals surface area contributed by atoms with E-state index >= 15 is 0 Å². The molecule has 1 aliphatic rings. The molecule has 1 fully saturated rings. The number of nitrogen functional groups attached to an aromatic ring is 1. The van der Waals surface area contributed by atoms with E-state index in [1.54, 1.807) is 27.3 Å². The smallest absolute Gasteiger partial charge is 0.351 e. The maximum Gasteiger partial charge on any atom is 0.351 e. The SMILES string of the molecule is C#CCO[C@H]1C(OC)[C@@H](COC)O[C@H]1n1cc(C)c(N)nc1=O. The zero-order valence-corrected chi connectivity index (χ0v) is 13.4. The summed E-state index contributed by atoms with van der Waals surface area (Å²) in [5.74, 6) is 2.59. The summed E-state index contributed by atoms with van der Waals surface area (Å²) in [6, 6.07) is 0. The van der Waals surface area contributed by atoms with Crippen LogP contribution in [-0.2, 0) is 18.9 Å². The fraction of sp³-hybridized carbons (Fsp3) is 0.600. The first kappa shape index (κ1) is 17.4. The zero-order valence-electron chi connectivity index (χ0n) is 13.4. The summed E-state index contributed by atoms with van der Waals surface area (Å²) in [5, 5.41) is 0. The molecule has 1 unspecified atom stereocenters. The molecule has 0 bridgehead atoms. The van der Waals surface area contributed by atoms with Crippen LogP contribution < -0.4 is 11.4 Å². The lowest BCUT2D eigenvalue weighted by Crippen LogP contribution is -2.39. The van der Waals surface area contributed by atoms with Crippen molar-refractivity contribution in [3.05, 3.63) is 22.2 Å². The maximum atomic E-state index is 12.2. The minimum absolute atomic E-state index is 0.0697. The van der Waals surface area contributed by atoms with Gasteiger partial charge in [0, 0.05) is 26.0 Å². The van der Waals surface area contributed by atoms with Crippen molar-refractivity contribution in [3.8, 4) is 12.3 Å². The minimum Gasteiger partial charge on any atom is -0.383 e. The number of nitrogens with two attached hydrogens (primary N) is 1. The van der Waals surface area contributed by atoms with E-state index in [2.05, 4.69) is 10.9 Å². The Bertz CT molecular complexity index is 639. The third-order valence-electron chi connectivity index (χ3n) is 3.70. The van der Waals surface area contributed by atoms with Crippen molar-refractivity contribution < 1.29 is 18.9 Å². The topological polar surface area (TPSA) is 97.8 Å². The molecule has 0 spiro atoms. The number of aryl methyl sites for hydroxylation is 1. The Morgan fingerprint density at radius 1 is 1.48 bits per heavy atom. The Morgan fingerprint density at radius 3 is 2.83 bits per heavy atom. The van der Waals surface area contributed by atoms with Gasteiger partial charge in [-0.3, -0.25) is 4.57 Å². The number of terminal acetylenes is 1. The molecule has 2 heterocycles. The Hall–Kier alpha value is -1.92. The molecule has 8 nitrogen and oxygen atoms in total. The van der Waals surface area contributed by atoms with E-state index in [0.29, 0.717) is 12.2 Å². The number of hydrogen-bond acceptors (Lipinski definition) is 7. The average molecular weight is 323 g/mol. The molecule has 0 amide bonds. The zero-order chi connectivity index (χ0) is 17.0. The number of methoxy groups -OCH3 is 2. The Balaban J connectivity index is 2.39. The Morgan fingerprint density at radius 2 is 2.22 bits per heavy atom. The monoisotopic (exact) mass is 323 g/mol. The maximum absolute atomic E-state index is 12.2. The van der Waals surface area contributed by atoms with Crippen LogP contribution in [0.4, 0.5) is 5.82 Å². The van der Waals surface area contributed by atoms with Crippen LogP contribution in [0.15, 0.2) is 11.0 Å². The predicted molar refractivity (Wildman–Crippen MR) is 82.8 cm³/mol. The van der Waals surface area contributed by atoms with Crippen molar-refractivity contribution in [1.82, 2.24) is 9.55 Å². The molecular formula is C15H21N3O5. The van der Waals surface area contributed by atoms with Crippen LogP contribution in [0.2, 0.25) is 0 Å². The molecule has 1 aromatic heterocycles. The standard InChI is InChI=1S/C15H21N3O5/c1-5-6-22-12-11(21-4)10(8-20-3)23-14(12)18-7-9(2)13(16)17-15(18)19/h1,7,10-12,14H,6,8H2,2-4H3,(H2,16,17,19)/t10-,11?,12+,14-/m1/s1. The number of rotatable bonds is 6. The molecule has 0 saturated carbocycles. The van der Waals surface area contributed by atoms with E-state index < -0.39 is 30.2 Å². The molecule has 1 saturated heterocycles. The number of anilines is 1. The fourth-order valence-electron chi connectivity index (χ4n) is 2.60. The van der Waals surface area contributed by atoms with Gasteiger partial charge in [0.05, 0.1) is 6.61 Å². The highest BCUT2D eigenvalue weighted by molar-refractivity contribution is 5.35. The van der Waals surface area contributed by atoms with Gasteiger partial charge < -0.3 is 24.7 Å². The van der Waals surface area contributed by atoms with Crippen LogP contribution in [0.25, 0.3) is 0 Å². The second kappa shape index (κ2) is 7.57. The molecule has 126 valence electrons. The van der Waals surface area contributed by atoms with Gasteiger partial charge in [0.15, 0.2) is 6.23 Å². The molecule has 1 aliphatic heterocycles. The summed E-state index contributed by atoms with van der Waals surface area (Å²) in [6.45, 7) is 2.12. The molecule has 23 heavy (non-hydrogen) atoms. The highest BCUT2D eigenvalue weighted by atomic mass is 16.6. The van der Waals surface area contributed by atoms with Crippen molar-refractivity contribution >= 4 is 5.82 Å². The number of hydrogen-bond donors (Lipinski definition) is 1. The second-order valence-electron chi connectivity index (χ2n) is 5.20. The van der Waals surface area contributed by atoms with Crippen LogP contribution >= 0.6 is 0 Å². The highest BCUT2D eigenvalue weighted by Gasteiger charge is 2.47. The van der Waals surface area contributed by atoms with Crippen molar-refractivity contribution in [2.45, 2.75) is 31.5 Å². The van der Waals surface area contributed by atoms with E-state index in [9.17, 15) is 4.79 Å². The first-order chi connectivity index (χ1) is 11.0. The number of aromatic nitrogens is 2. The van der Waals surface area contributed by atoms with Crippen LogP contribution in [0.1, 0.15) is 11.8 Å². The molecule has 8 heteroatoms. The fourth-order valence-corrected chi connectivity index (χ4v) is 2.60. The van der Waals surface area contributed by atoms with Crippen LogP contribution in [0, 0.1) is 19.3 Å². The second-order valence-corrected chi connectivity index (χ2v) is 5.20. The van der Waals surface area contributed by atoms with Gasteiger partial charge in [0.2, 0.25) is 0 Å². The third kappa shape index (κ3) is 3.54. The minimum atomic E-state index is -0.729. The summed E-state index contributed by atoms with van der Waals surface area (Å²) in [7, 11) is 3.10. The molecule has 2 N–H and O–H groups in total. The van der Waals surface area contributed by atoms with Crippen molar-refractivity contribution in [3.63, 3.8) is 0 Å². The van der Waals surface area contributed by atoms with Gasteiger partial charge in [-0.15, -0.1) is 6.42 Å². The lowest BCUT2D eigenvalue weighted by Gasteiger charge is -2.23. The summed E-state index contributed by atoms with van der Waals surface area (Å²) in [5.41, 5.74) is 5.80. The lowest BCUT2D eigenvalue weighted by atomic mass is 10.1. The largest absolute Gasteiger partial charge is 0.383 e. The normalized spacial score (nSPS) is 27.0. The first-order valence-corrected chi connectivity index (χ1v) is 7.11. The molecule has 0 radical (unpaired) electrons. The summed E-state index contributed by atoms with van der Waals surface area (Å²) < 4.78 is 23.5. The molecule has 0 aliphatic carbocycles. The van der Waals surface area contributed by atoms with E-state index in [0.717, 1.165) is 0 Å². The molecule has 1 aromatic rings. The van der Waals surface area contributed by atoms with Crippen LogP contribution in [0.3, 0.4) is 0 Å². The first-order valence-electron chi connectivity index (χ1n) is 7.11. The van der Waals surface area contributed by atoms with Gasteiger partial charge in [-0.2, -0.15) is 4.98 Å². The quantitative estimate of drug-likeness (QED) is 0.718. The third-order valence-corrected chi connectivity index (χ3v) is 3.70.